The Labute approximate surface area is 195 Å². The lowest BCUT2D eigenvalue weighted by molar-refractivity contribution is -0.120. The van der Waals surface area contributed by atoms with Crippen LogP contribution in [0.2, 0.25) is 0 Å². The molecule has 2 aromatic heterocycles. The smallest absolute Gasteiger partial charge is 0.295 e. The summed E-state index contributed by atoms with van der Waals surface area (Å²) in [4.78, 5) is 37.4. The summed E-state index contributed by atoms with van der Waals surface area (Å²) >= 11 is 0. The topological polar surface area (TPSA) is 80.1 Å². The maximum atomic E-state index is 13.6. The molecule has 1 fully saturated rings. The molecule has 1 aliphatic heterocycles. The normalized spacial score (nSPS) is 15.9. The molecule has 0 unspecified atom stereocenters. The first-order valence-corrected chi connectivity index (χ1v) is 11.3. The van der Waals surface area contributed by atoms with Crippen LogP contribution in [0.3, 0.4) is 0 Å². The second kappa shape index (κ2) is 9.43. The Morgan fingerprint density at radius 3 is 2.76 bits per heavy atom. The van der Waals surface area contributed by atoms with Gasteiger partial charge < -0.3 is 10.2 Å². The summed E-state index contributed by atoms with van der Waals surface area (Å²) in [5, 5.41) is 2.79. The van der Waals surface area contributed by atoms with E-state index in [0.717, 1.165) is 12.0 Å². The van der Waals surface area contributed by atoms with Crippen molar-refractivity contribution in [3.8, 4) is 0 Å². The van der Waals surface area contributed by atoms with E-state index in [1.54, 1.807) is 29.0 Å². The van der Waals surface area contributed by atoms with Gasteiger partial charge in [0.2, 0.25) is 5.91 Å². The van der Waals surface area contributed by atoms with Crippen LogP contribution in [0, 0.1) is 11.7 Å². The number of benzene rings is 2. The van der Waals surface area contributed by atoms with Crippen molar-refractivity contribution in [1.82, 2.24) is 14.5 Å². The fourth-order valence-corrected chi connectivity index (χ4v) is 4.38. The molecule has 1 N–H and O–H groups in total. The number of pyridine rings is 1. The number of anilines is 2. The van der Waals surface area contributed by atoms with Crippen LogP contribution < -0.4 is 15.8 Å². The molecule has 8 heteroatoms. The van der Waals surface area contributed by atoms with Crippen molar-refractivity contribution in [2.75, 3.05) is 23.3 Å². The number of piperidine rings is 1. The first kappa shape index (κ1) is 21.8. The van der Waals surface area contributed by atoms with Crippen LogP contribution in [0.5, 0.6) is 0 Å². The summed E-state index contributed by atoms with van der Waals surface area (Å²) in [7, 11) is 0. The van der Waals surface area contributed by atoms with Gasteiger partial charge in [0.05, 0.1) is 12.5 Å². The number of halogens is 1. The van der Waals surface area contributed by atoms with Crippen LogP contribution in [0.25, 0.3) is 11.2 Å². The standard InChI is InChI=1S/C26H24FN5O2/c27-20-10-4-11-21(15-20)29-25(33)19-9-6-14-31(17-19)24-26(34)32(16-18-7-2-1-3-8-18)23-22(30-24)12-5-13-28-23/h1-5,7-8,10-13,15,19H,6,9,14,16-17H2,(H,29,33)/t19-/m1/s1. The number of aromatic nitrogens is 3. The van der Waals surface area contributed by atoms with E-state index in [1.807, 2.05) is 41.3 Å². The first-order chi connectivity index (χ1) is 16.6. The number of carbonyl (C=O) groups excluding carboxylic acids is 1. The van der Waals surface area contributed by atoms with E-state index in [9.17, 15) is 14.0 Å². The minimum Gasteiger partial charge on any atom is -0.351 e. The molecule has 1 saturated heterocycles. The van der Waals surface area contributed by atoms with Crippen molar-refractivity contribution in [3.63, 3.8) is 0 Å². The van der Waals surface area contributed by atoms with Gasteiger partial charge in [-0.15, -0.1) is 0 Å². The molecule has 0 aliphatic carbocycles. The molecule has 4 aromatic rings. The Balaban J connectivity index is 1.44. The second-order valence-corrected chi connectivity index (χ2v) is 8.44. The predicted octanol–water partition coefficient (Wildman–Crippen LogP) is 3.83. The van der Waals surface area contributed by atoms with Crippen LogP contribution in [0.15, 0.2) is 77.7 Å². The van der Waals surface area contributed by atoms with E-state index in [2.05, 4.69) is 15.3 Å². The third-order valence-corrected chi connectivity index (χ3v) is 6.05. The molecule has 7 nitrogen and oxygen atoms in total. The number of nitrogens with one attached hydrogen (secondary N) is 1. The molecule has 0 saturated carbocycles. The lowest BCUT2D eigenvalue weighted by Gasteiger charge is -2.32. The Hall–Kier alpha value is -4.07. The van der Waals surface area contributed by atoms with Gasteiger partial charge in [-0.05, 0) is 48.7 Å². The summed E-state index contributed by atoms with van der Waals surface area (Å²) in [6, 6.07) is 19.2. The predicted molar refractivity (Wildman–Crippen MR) is 129 cm³/mol. The first-order valence-electron chi connectivity index (χ1n) is 11.3. The number of nitrogens with zero attached hydrogens (tertiary/aromatic N) is 4. The lowest BCUT2D eigenvalue weighted by Crippen LogP contribution is -2.44. The summed E-state index contributed by atoms with van der Waals surface area (Å²) in [5.41, 5.74) is 2.32. The number of rotatable bonds is 5. The zero-order valence-electron chi connectivity index (χ0n) is 18.5. The highest BCUT2D eigenvalue weighted by Gasteiger charge is 2.29. The van der Waals surface area contributed by atoms with Crippen molar-refractivity contribution in [2.24, 2.45) is 5.92 Å². The molecule has 5 rings (SSSR count). The SMILES string of the molecule is O=C(Nc1cccc(F)c1)[C@@H]1CCCN(c2nc3cccnc3n(Cc3ccccc3)c2=O)C1. The Bertz CT molecular complexity index is 1390. The second-order valence-electron chi connectivity index (χ2n) is 8.44. The summed E-state index contributed by atoms with van der Waals surface area (Å²) in [6.45, 7) is 1.36. The number of hydrogen-bond donors (Lipinski definition) is 1. The highest BCUT2D eigenvalue weighted by atomic mass is 19.1. The van der Waals surface area contributed by atoms with Crippen molar-refractivity contribution >= 4 is 28.6 Å². The van der Waals surface area contributed by atoms with E-state index < -0.39 is 5.82 Å². The van der Waals surface area contributed by atoms with E-state index in [0.29, 0.717) is 48.7 Å². The van der Waals surface area contributed by atoms with E-state index in [-0.39, 0.29) is 17.4 Å². The minimum absolute atomic E-state index is 0.192. The lowest BCUT2D eigenvalue weighted by atomic mass is 9.97. The number of amides is 1. The van der Waals surface area contributed by atoms with Gasteiger partial charge in [0.1, 0.15) is 11.3 Å². The average molecular weight is 458 g/mol. The fourth-order valence-electron chi connectivity index (χ4n) is 4.38. The number of hydrogen-bond acceptors (Lipinski definition) is 5. The van der Waals surface area contributed by atoms with Gasteiger partial charge in [-0.2, -0.15) is 0 Å². The maximum absolute atomic E-state index is 13.6. The summed E-state index contributed by atoms with van der Waals surface area (Å²) in [5.74, 6) is -0.622. The third kappa shape index (κ3) is 4.52. The zero-order valence-corrected chi connectivity index (χ0v) is 18.5. The molecule has 1 amide bonds. The molecule has 3 heterocycles. The van der Waals surface area contributed by atoms with E-state index >= 15 is 0 Å². The van der Waals surface area contributed by atoms with Crippen LogP contribution in [0.1, 0.15) is 18.4 Å². The van der Waals surface area contributed by atoms with Gasteiger partial charge in [-0.3, -0.25) is 14.2 Å². The number of carbonyl (C=O) groups is 1. The van der Waals surface area contributed by atoms with Crippen molar-refractivity contribution in [1.29, 1.82) is 0 Å². The quantitative estimate of drug-likeness (QED) is 0.493. The van der Waals surface area contributed by atoms with Crippen LogP contribution >= 0.6 is 0 Å². The molecule has 2 aromatic carbocycles. The van der Waals surface area contributed by atoms with Gasteiger partial charge in [0, 0.05) is 25.0 Å². The fraction of sp³-hybridized carbons (Fsp3) is 0.231. The van der Waals surface area contributed by atoms with Crippen molar-refractivity contribution in [2.45, 2.75) is 19.4 Å². The van der Waals surface area contributed by atoms with Crippen LogP contribution in [-0.2, 0) is 11.3 Å². The van der Waals surface area contributed by atoms with Gasteiger partial charge in [0.15, 0.2) is 11.5 Å². The molecule has 1 aliphatic rings. The van der Waals surface area contributed by atoms with Crippen molar-refractivity contribution < 1.29 is 9.18 Å². The Kier molecular flexibility index (Phi) is 6.03. The molecule has 0 spiro atoms. The average Bonchev–Trinajstić information content (AvgIpc) is 2.86. The maximum Gasteiger partial charge on any atom is 0.295 e. The van der Waals surface area contributed by atoms with Crippen LogP contribution in [-0.4, -0.2) is 33.5 Å². The molecule has 172 valence electrons. The molecular formula is C26H24FN5O2. The monoisotopic (exact) mass is 457 g/mol. The van der Waals surface area contributed by atoms with E-state index in [1.165, 1.54) is 12.1 Å². The van der Waals surface area contributed by atoms with Crippen molar-refractivity contribution in [3.05, 3.63) is 94.7 Å². The van der Waals surface area contributed by atoms with Gasteiger partial charge >= 0.3 is 0 Å². The number of fused-ring (bicyclic) bond motifs is 1. The molecule has 0 radical (unpaired) electrons. The van der Waals surface area contributed by atoms with Gasteiger partial charge in [0.25, 0.3) is 5.56 Å². The molecule has 0 bridgehead atoms. The van der Waals surface area contributed by atoms with Gasteiger partial charge in [-0.1, -0.05) is 36.4 Å². The molecular weight excluding hydrogens is 433 g/mol. The minimum atomic E-state index is -0.406. The van der Waals surface area contributed by atoms with Gasteiger partial charge in [-0.25, -0.2) is 14.4 Å². The third-order valence-electron chi connectivity index (χ3n) is 6.05. The van der Waals surface area contributed by atoms with E-state index in [4.69, 9.17) is 0 Å². The molecule has 1 atom stereocenters. The highest BCUT2D eigenvalue weighted by molar-refractivity contribution is 5.93. The molecule has 34 heavy (non-hydrogen) atoms. The Morgan fingerprint density at radius 1 is 1.09 bits per heavy atom. The summed E-state index contributed by atoms with van der Waals surface area (Å²) in [6.07, 6.45) is 3.08. The Morgan fingerprint density at radius 2 is 1.94 bits per heavy atom. The largest absolute Gasteiger partial charge is 0.351 e. The highest BCUT2D eigenvalue weighted by Crippen LogP contribution is 2.23. The van der Waals surface area contributed by atoms with Crippen LogP contribution in [0.4, 0.5) is 15.9 Å². The summed E-state index contributed by atoms with van der Waals surface area (Å²) < 4.78 is 15.1. The zero-order chi connectivity index (χ0) is 23.5.